The molecule has 10 heteroatoms. The van der Waals surface area contributed by atoms with Crippen molar-refractivity contribution in [1.29, 1.82) is 0 Å². The van der Waals surface area contributed by atoms with Crippen LogP contribution in [0.1, 0.15) is 56.3 Å². The molecule has 2 heterocycles. The standard InChI is InChI=1S/C26H31ClF2N2O4Si/c1-26(2,3)36(5,6)35-21-14-19(31-18-13-16(27)10-11-17(18)30-24(21)31)23-15(12-22(32)33-4)8-7-9-20(23)34-25(28)29/h7-11,13,19,21,25H,12,14H2,1-6H3/t19-,21+/m1/s1. The largest absolute Gasteiger partial charge is 0.469 e. The van der Waals surface area contributed by atoms with Gasteiger partial charge in [0.05, 0.1) is 30.6 Å². The van der Waals surface area contributed by atoms with E-state index in [1.165, 1.54) is 13.2 Å². The van der Waals surface area contributed by atoms with Crippen molar-refractivity contribution in [3.63, 3.8) is 0 Å². The van der Waals surface area contributed by atoms with Crippen LogP contribution in [-0.4, -0.2) is 37.6 Å². The Morgan fingerprint density at radius 2 is 1.97 bits per heavy atom. The monoisotopic (exact) mass is 536 g/mol. The summed E-state index contributed by atoms with van der Waals surface area (Å²) < 4.78 is 45.5. The molecule has 0 aliphatic carbocycles. The van der Waals surface area contributed by atoms with Crippen LogP contribution in [0.25, 0.3) is 11.0 Å². The number of methoxy groups -OCH3 is 1. The van der Waals surface area contributed by atoms with E-state index in [1.54, 1.807) is 18.2 Å². The molecule has 2 atom stereocenters. The first-order valence-corrected chi connectivity index (χ1v) is 15.1. The van der Waals surface area contributed by atoms with Crippen molar-refractivity contribution in [2.45, 2.75) is 70.5 Å². The van der Waals surface area contributed by atoms with Crippen LogP contribution >= 0.6 is 11.6 Å². The molecule has 4 rings (SSSR count). The third-order valence-electron chi connectivity index (χ3n) is 7.23. The highest BCUT2D eigenvalue weighted by atomic mass is 35.5. The lowest BCUT2D eigenvalue weighted by atomic mass is 9.94. The molecule has 0 amide bonds. The van der Waals surface area contributed by atoms with Crippen LogP contribution in [-0.2, 0) is 20.4 Å². The maximum atomic E-state index is 13.5. The van der Waals surface area contributed by atoms with Gasteiger partial charge in [-0.15, -0.1) is 0 Å². The van der Waals surface area contributed by atoms with Gasteiger partial charge in [0, 0.05) is 17.0 Å². The van der Waals surface area contributed by atoms with E-state index < -0.39 is 26.9 Å². The van der Waals surface area contributed by atoms with Crippen LogP contribution in [0.4, 0.5) is 8.78 Å². The van der Waals surface area contributed by atoms with Gasteiger partial charge in [0.1, 0.15) is 17.7 Å². The van der Waals surface area contributed by atoms with E-state index in [0.717, 1.165) is 11.0 Å². The Morgan fingerprint density at radius 1 is 1.25 bits per heavy atom. The number of alkyl halides is 2. The zero-order valence-corrected chi connectivity index (χ0v) is 23.0. The van der Waals surface area contributed by atoms with Crippen LogP contribution < -0.4 is 4.74 Å². The third-order valence-corrected chi connectivity index (χ3v) is 11.9. The van der Waals surface area contributed by atoms with Crippen molar-refractivity contribution in [3.05, 3.63) is 58.4 Å². The minimum Gasteiger partial charge on any atom is -0.469 e. The average Bonchev–Trinajstić information content (AvgIpc) is 3.30. The highest BCUT2D eigenvalue weighted by molar-refractivity contribution is 6.74. The summed E-state index contributed by atoms with van der Waals surface area (Å²) in [5.74, 6) is 0.244. The van der Waals surface area contributed by atoms with E-state index in [1.807, 2.05) is 16.7 Å². The van der Waals surface area contributed by atoms with Gasteiger partial charge in [-0.2, -0.15) is 8.78 Å². The molecular weight excluding hydrogens is 506 g/mol. The summed E-state index contributed by atoms with van der Waals surface area (Å²) >= 11 is 6.34. The molecule has 1 aromatic heterocycles. The van der Waals surface area contributed by atoms with Crippen LogP contribution in [0.3, 0.4) is 0 Å². The quantitative estimate of drug-likeness (QED) is 0.239. The Hall–Kier alpha value is -2.49. The molecule has 1 aliphatic heterocycles. The number of halogens is 3. The molecule has 2 aromatic carbocycles. The zero-order chi connectivity index (χ0) is 26.4. The lowest BCUT2D eigenvalue weighted by Crippen LogP contribution is -2.41. The molecule has 1 aliphatic rings. The first-order valence-electron chi connectivity index (χ1n) is 11.8. The van der Waals surface area contributed by atoms with E-state index in [2.05, 4.69) is 33.9 Å². The molecule has 0 saturated heterocycles. The topological polar surface area (TPSA) is 62.6 Å². The molecule has 0 spiro atoms. The molecule has 36 heavy (non-hydrogen) atoms. The van der Waals surface area contributed by atoms with Crippen LogP contribution in [0.2, 0.25) is 23.2 Å². The molecule has 0 N–H and O–H groups in total. The Bertz CT molecular complexity index is 1290. The highest BCUT2D eigenvalue weighted by Gasteiger charge is 2.45. The molecule has 0 unspecified atom stereocenters. The molecule has 6 nitrogen and oxygen atoms in total. The van der Waals surface area contributed by atoms with Crippen molar-refractivity contribution in [2.75, 3.05) is 7.11 Å². The smallest absolute Gasteiger partial charge is 0.387 e. The molecular formula is C26H31ClF2N2O4Si. The number of aromatic nitrogens is 2. The zero-order valence-electron chi connectivity index (χ0n) is 21.3. The van der Waals surface area contributed by atoms with E-state index in [-0.39, 0.29) is 23.3 Å². The number of esters is 1. The average molecular weight is 537 g/mol. The number of fused-ring (bicyclic) bond motifs is 3. The van der Waals surface area contributed by atoms with Gasteiger partial charge in [-0.1, -0.05) is 44.5 Å². The van der Waals surface area contributed by atoms with Gasteiger partial charge in [-0.25, -0.2) is 4.98 Å². The Balaban J connectivity index is 1.92. The first kappa shape index (κ1) is 26.6. The van der Waals surface area contributed by atoms with Gasteiger partial charge in [0.15, 0.2) is 8.32 Å². The predicted molar refractivity (Wildman–Crippen MR) is 137 cm³/mol. The third kappa shape index (κ3) is 5.01. The van der Waals surface area contributed by atoms with Crippen LogP contribution in [0, 0.1) is 0 Å². The van der Waals surface area contributed by atoms with Gasteiger partial charge < -0.3 is 18.5 Å². The molecule has 0 radical (unpaired) electrons. The fourth-order valence-corrected chi connectivity index (χ4v) is 5.91. The van der Waals surface area contributed by atoms with Crippen molar-refractivity contribution >= 4 is 36.9 Å². The van der Waals surface area contributed by atoms with E-state index in [9.17, 15) is 13.6 Å². The minimum absolute atomic E-state index is 0.0132. The number of ether oxygens (including phenoxy) is 2. The SMILES string of the molecule is COC(=O)Cc1cccc(OC(F)F)c1[C@H]1C[C@H](O[Si](C)(C)C(C)(C)C)c2nc3ccc(Cl)cc3n21. The molecule has 0 bridgehead atoms. The number of hydrogen-bond donors (Lipinski definition) is 0. The summed E-state index contributed by atoms with van der Waals surface area (Å²) in [7, 11) is -0.924. The molecule has 0 fully saturated rings. The van der Waals surface area contributed by atoms with Crippen LogP contribution in [0.5, 0.6) is 5.75 Å². The maximum Gasteiger partial charge on any atom is 0.387 e. The summed E-state index contributed by atoms with van der Waals surface area (Å²) in [4.78, 5) is 17.1. The summed E-state index contributed by atoms with van der Waals surface area (Å²) in [6.07, 6.45) is 0.00146. The number of rotatable bonds is 7. The fraction of sp³-hybridized carbons (Fsp3) is 0.462. The van der Waals surface area contributed by atoms with Crippen LogP contribution in [0.15, 0.2) is 36.4 Å². The fourth-order valence-electron chi connectivity index (χ4n) is 4.48. The van der Waals surface area contributed by atoms with Gasteiger partial charge in [-0.3, -0.25) is 4.79 Å². The lowest BCUT2D eigenvalue weighted by Gasteiger charge is -2.38. The summed E-state index contributed by atoms with van der Waals surface area (Å²) in [5.41, 5.74) is 2.53. The number of benzene rings is 2. The normalized spacial score (nSPS) is 18.1. The van der Waals surface area contributed by atoms with Gasteiger partial charge in [0.25, 0.3) is 0 Å². The molecule has 0 saturated carbocycles. The molecule has 194 valence electrons. The number of imidazole rings is 1. The van der Waals surface area contributed by atoms with E-state index in [0.29, 0.717) is 28.4 Å². The first-order chi connectivity index (χ1) is 16.8. The second-order valence-corrected chi connectivity index (χ2v) is 15.7. The Kier molecular flexibility index (Phi) is 7.20. The molecule has 3 aromatic rings. The van der Waals surface area contributed by atoms with Gasteiger partial charge in [0.2, 0.25) is 0 Å². The second kappa shape index (κ2) is 9.76. The van der Waals surface area contributed by atoms with Gasteiger partial charge in [-0.05, 0) is 48.0 Å². The number of carbonyl (C=O) groups is 1. The Morgan fingerprint density at radius 3 is 2.61 bits per heavy atom. The van der Waals surface area contributed by atoms with E-state index in [4.69, 9.17) is 30.5 Å². The Labute approximate surface area is 215 Å². The number of carbonyl (C=O) groups excluding carboxylic acids is 1. The summed E-state index contributed by atoms with van der Waals surface area (Å²) in [6, 6.07) is 9.78. The summed E-state index contributed by atoms with van der Waals surface area (Å²) in [6.45, 7) is 7.80. The summed E-state index contributed by atoms with van der Waals surface area (Å²) in [5, 5.41) is 0.488. The van der Waals surface area contributed by atoms with Crippen molar-refractivity contribution in [3.8, 4) is 5.75 Å². The van der Waals surface area contributed by atoms with Crippen molar-refractivity contribution in [1.82, 2.24) is 9.55 Å². The van der Waals surface area contributed by atoms with Gasteiger partial charge >= 0.3 is 12.6 Å². The highest BCUT2D eigenvalue weighted by Crippen LogP contribution is 2.50. The minimum atomic E-state index is -3.02. The lowest BCUT2D eigenvalue weighted by molar-refractivity contribution is -0.139. The predicted octanol–water partition coefficient (Wildman–Crippen LogP) is 7.06. The van der Waals surface area contributed by atoms with Crippen molar-refractivity contribution in [2.24, 2.45) is 0 Å². The second-order valence-electron chi connectivity index (χ2n) is 10.6. The number of nitrogens with zero attached hydrogens (tertiary/aromatic N) is 2. The van der Waals surface area contributed by atoms with E-state index >= 15 is 0 Å². The number of hydrogen-bond acceptors (Lipinski definition) is 5. The maximum absolute atomic E-state index is 13.5. The van der Waals surface area contributed by atoms with Crippen molar-refractivity contribution < 1.29 is 27.5 Å².